The van der Waals surface area contributed by atoms with Gasteiger partial charge in [0.15, 0.2) is 0 Å². The van der Waals surface area contributed by atoms with Crippen LogP contribution in [0.3, 0.4) is 0 Å². The van der Waals surface area contributed by atoms with Gasteiger partial charge < -0.3 is 9.84 Å². The molecule has 1 atom stereocenters. The summed E-state index contributed by atoms with van der Waals surface area (Å²) in [6.45, 7) is 0.551. The van der Waals surface area contributed by atoms with Crippen LogP contribution in [0.1, 0.15) is 35.6 Å². The molecule has 0 heterocycles. The third-order valence-corrected chi connectivity index (χ3v) is 4.89. The molecule has 2 heteroatoms. The summed E-state index contributed by atoms with van der Waals surface area (Å²) in [6.07, 6.45) is 2.54. The van der Waals surface area contributed by atoms with Gasteiger partial charge in [-0.1, -0.05) is 66.7 Å². The van der Waals surface area contributed by atoms with Crippen molar-refractivity contribution < 1.29 is 9.84 Å². The molecule has 0 saturated heterocycles. The van der Waals surface area contributed by atoms with Crippen molar-refractivity contribution >= 4 is 0 Å². The maximum atomic E-state index is 10.3. The number of hydrogen-bond acceptors (Lipinski definition) is 2. The molecule has 1 aliphatic carbocycles. The summed E-state index contributed by atoms with van der Waals surface area (Å²) in [5.74, 6) is 0.889. The van der Waals surface area contributed by atoms with E-state index in [0.29, 0.717) is 6.61 Å². The number of fused-ring (bicyclic) bond motifs is 1. The normalized spacial score (nSPS) is 16.3. The van der Waals surface area contributed by atoms with Crippen molar-refractivity contribution in [1.29, 1.82) is 0 Å². The Labute approximate surface area is 148 Å². The zero-order valence-corrected chi connectivity index (χ0v) is 14.2. The second-order valence-electron chi connectivity index (χ2n) is 6.55. The Morgan fingerprint density at radius 3 is 2.48 bits per heavy atom. The number of ether oxygens (including phenoxy) is 1. The van der Waals surface area contributed by atoms with Gasteiger partial charge in [0.1, 0.15) is 12.4 Å². The van der Waals surface area contributed by atoms with Crippen molar-refractivity contribution in [1.82, 2.24) is 0 Å². The van der Waals surface area contributed by atoms with E-state index in [1.807, 2.05) is 42.5 Å². The zero-order chi connectivity index (χ0) is 17.1. The van der Waals surface area contributed by atoms with Crippen molar-refractivity contribution in [3.63, 3.8) is 0 Å². The topological polar surface area (TPSA) is 29.5 Å². The molecule has 3 aromatic carbocycles. The first-order valence-electron chi connectivity index (χ1n) is 8.89. The van der Waals surface area contributed by atoms with E-state index in [0.717, 1.165) is 41.7 Å². The molecule has 0 aliphatic heterocycles. The molecule has 0 aromatic heterocycles. The van der Waals surface area contributed by atoms with Gasteiger partial charge in [-0.3, -0.25) is 0 Å². The highest BCUT2D eigenvalue weighted by Gasteiger charge is 2.21. The van der Waals surface area contributed by atoms with Crippen LogP contribution in [0, 0.1) is 0 Å². The number of rotatable bonds is 4. The summed E-state index contributed by atoms with van der Waals surface area (Å²) in [6, 6.07) is 24.6. The molecule has 0 saturated carbocycles. The fourth-order valence-corrected chi connectivity index (χ4v) is 3.63. The first kappa shape index (κ1) is 15.9. The van der Waals surface area contributed by atoms with Crippen LogP contribution in [0.5, 0.6) is 5.75 Å². The summed E-state index contributed by atoms with van der Waals surface area (Å²) in [7, 11) is 0. The summed E-state index contributed by atoms with van der Waals surface area (Å²) in [4.78, 5) is 0. The van der Waals surface area contributed by atoms with Crippen molar-refractivity contribution in [3.8, 4) is 16.9 Å². The molecule has 0 bridgehead atoms. The minimum Gasteiger partial charge on any atom is -0.488 e. The summed E-state index contributed by atoms with van der Waals surface area (Å²) in [5.41, 5.74) is 5.77. The maximum absolute atomic E-state index is 10.3. The molecular weight excluding hydrogens is 308 g/mol. The van der Waals surface area contributed by atoms with Gasteiger partial charge in [0.2, 0.25) is 0 Å². The third kappa shape index (κ3) is 3.31. The minimum absolute atomic E-state index is 0.346. The molecule has 0 amide bonds. The van der Waals surface area contributed by atoms with Gasteiger partial charge in [-0.05, 0) is 47.6 Å². The van der Waals surface area contributed by atoms with Crippen LogP contribution in [0.4, 0.5) is 0 Å². The van der Waals surface area contributed by atoms with Gasteiger partial charge in [0, 0.05) is 5.56 Å². The second kappa shape index (κ2) is 7.12. The highest BCUT2D eigenvalue weighted by molar-refractivity contribution is 5.74. The Hall–Kier alpha value is -2.58. The Kier molecular flexibility index (Phi) is 4.53. The van der Waals surface area contributed by atoms with Crippen molar-refractivity contribution in [2.24, 2.45) is 0 Å². The van der Waals surface area contributed by atoms with Crippen LogP contribution in [0.25, 0.3) is 11.1 Å². The second-order valence-corrected chi connectivity index (χ2v) is 6.55. The van der Waals surface area contributed by atoms with E-state index in [1.54, 1.807) is 0 Å². The van der Waals surface area contributed by atoms with E-state index in [1.165, 1.54) is 11.1 Å². The first-order chi connectivity index (χ1) is 12.3. The van der Waals surface area contributed by atoms with E-state index in [4.69, 9.17) is 4.74 Å². The highest BCUT2D eigenvalue weighted by Crippen LogP contribution is 2.39. The lowest BCUT2D eigenvalue weighted by Crippen LogP contribution is -2.10. The Balaban J connectivity index is 1.69. The van der Waals surface area contributed by atoms with Gasteiger partial charge in [0.05, 0.1) is 6.10 Å². The van der Waals surface area contributed by atoms with Gasteiger partial charge in [-0.2, -0.15) is 0 Å². The van der Waals surface area contributed by atoms with Gasteiger partial charge in [0.25, 0.3) is 0 Å². The molecule has 3 aromatic rings. The van der Waals surface area contributed by atoms with Gasteiger partial charge in [-0.15, -0.1) is 0 Å². The molecule has 1 aliphatic rings. The SMILES string of the molecule is OC1CCCc2c(-c3ccccc3OCc3ccccc3)cccc21. The lowest BCUT2D eigenvalue weighted by molar-refractivity contribution is 0.156. The summed E-state index contributed by atoms with van der Waals surface area (Å²) in [5, 5.41) is 10.3. The fraction of sp³-hybridized carbons (Fsp3) is 0.217. The fourth-order valence-electron chi connectivity index (χ4n) is 3.63. The molecule has 4 rings (SSSR count). The van der Waals surface area contributed by atoms with E-state index >= 15 is 0 Å². The lowest BCUT2D eigenvalue weighted by Gasteiger charge is -2.24. The standard InChI is InChI=1S/C23H22O2/c24-22-14-7-12-18-19(11-6-13-20(18)22)21-10-4-5-15-23(21)25-16-17-8-2-1-3-9-17/h1-6,8-11,13,15,22,24H,7,12,14,16H2. The summed E-state index contributed by atoms with van der Waals surface area (Å²) < 4.78 is 6.13. The van der Waals surface area contributed by atoms with Crippen molar-refractivity contribution in [2.75, 3.05) is 0 Å². The number of benzene rings is 3. The van der Waals surface area contributed by atoms with E-state index < -0.39 is 0 Å². The Morgan fingerprint density at radius 2 is 1.60 bits per heavy atom. The molecule has 126 valence electrons. The number of para-hydroxylation sites is 1. The molecule has 0 fully saturated rings. The Morgan fingerprint density at radius 1 is 0.840 bits per heavy atom. The van der Waals surface area contributed by atoms with Crippen molar-refractivity contribution in [2.45, 2.75) is 32.0 Å². The van der Waals surface area contributed by atoms with Crippen molar-refractivity contribution in [3.05, 3.63) is 89.5 Å². The Bertz CT molecular complexity index is 855. The largest absolute Gasteiger partial charge is 0.488 e. The predicted octanol–water partition coefficient (Wildman–Crippen LogP) is 5.30. The maximum Gasteiger partial charge on any atom is 0.127 e. The van der Waals surface area contributed by atoms with Crippen LogP contribution < -0.4 is 4.74 Å². The number of aliphatic hydroxyl groups excluding tert-OH is 1. The molecule has 1 unspecified atom stereocenters. The van der Waals surface area contributed by atoms with Gasteiger partial charge >= 0.3 is 0 Å². The van der Waals surface area contributed by atoms with Crippen LogP contribution >= 0.6 is 0 Å². The van der Waals surface area contributed by atoms with Crippen LogP contribution in [-0.4, -0.2) is 5.11 Å². The molecule has 2 nitrogen and oxygen atoms in total. The quantitative estimate of drug-likeness (QED) is 0.703. The van der Waals surface area contributed by atoms with Gasteiger partial charge in [-0.25, -0.2) is 0 Å². The average Bonchev–Trinajstić information content (AvgIpc) is 2.67. The highest BCUT2D eigenvalue weighted by atomic mass is 16.5. The first-order valence-corrected chi connectivity index (χ1v) is 8.89. The van der Waals surface area contributed by atoms with E-state index in [2.05, 4.69) is 30.3 Å². The molecule has 1 N–H and O–H groups in total. The van der Waals surface area contributed by atoms with Crippen LogP contribution in [-0.2, 0) is 13.0 Å². The average molecular weight is 330 g/mol. The number of hydrogen-bond donors (Lipinski definition) is 1. The summed E-state index contributed by atoms with van der Waals surface area (Å²) >= 11 is 0. The molecule has 0 radical (unpaired) electrons. The molecule has 0 spiro atoms. The number of aliphatic hydroxyl groups is 1. The lowest BCUT2D eigenvalue weighted by atomic mass is 9.84. The monoisotopic (exact) mass is 330 g/mol. The van der Waals surface area contributed by atoms with E-state index in [-0.39, 0.29) is 6.10 Å². The predicted molar refractivity (Wildman–Crippen MR) is 101 cm³/mol. The molecular formula is C23H22O2. The van der Waals surface area contributed by atoms with E-state index in [9.17, 15) is 5.11 Å². The van der Waals surface area contributed by atoms with Crippen LogP contribution in [0.15, 0.2) is 72.8 Å². The zero-order valence-electron chi connectivity index (χ0n) is 14.2. The third-order valence-electron chi connectivity index (χ3n) is 4.89. The molecule has 25 heavy (non-hydrogen) atoms. The minimum atomic E-state index is -0.346. The smallest absolute Gasteiger partial charge is 0.127 e. The van der Waals surface area contributed by atoms with Crippen LogP contribution in [0.2, 0.25) is 0 Å².